The highest BCUT2D eigenvalue weighted by molar-refractivity contribution is 5.83. The number of carbonyl (C=O) groups is 2. The van der Waals surface area contributed by atoms with Gasteiger partial charge in [-0.25, -0.2) is 0 Å². The second-order valence-electron chi connectivity index (χ2n) is 7.09. The molecule has 1 fully saturated rings. The Morgan fingerprint density at radius 3 is 2.27 bits per heavy atom. The van der Waals surface area contributed by atoms with Crippen molar-refractivity contribution in [1.29, 1.82) is 0 Å². The van der Waals surface area contributed by atoms with Crippen LogP contribution in [0.5, 0.6) is 0 Å². The van der Waals surface area contributed by atoms with Gasteiger partial charge >= 0.3 is 5.97 Å². The third-order valence-electron chi connectivity index (χ3n) is 4.97. The fourth-order valence-corrected chi connectivity index (χ4v) is 3.60. The van der Waals surface area contributed by atoms with E-state index in [4.69, 9.17) is 5.11 Å². The van der Waals surface area contributed by atoms with Crippen LogP contribution in [-0.2, 0) is 29.0 Å². The summed E-state index contributed by atoms with van der Waals surface area (Å²) in [7, 11) is 0. The van der Waals surface area contributed by atoms with Gasteiger partial charge in [0, 0.05) is 25.4 Å². The molecule has 2 aromatic carbocycles. The molecule has 1 heterocycles. The smallest absolute Gasteiger partial charge is 0.307 e. The predicted octanol–water partition coefficient (Wildman–Crippen LogP) is 3.34. The summed E-state index contributed by atoms with van der Waals surface area (Å²) in [6.45, 7) is 2.62. The van der Waals surface area contributed by atoms with E-state index in [0.717, 1.165) is 49.2 Å². The van der Waals surface area contributed by atoms with Crippen LogP contribution in [-0.4, -0.2) is 34.8 Å². The number of hydrogen-bond acceptors (Lipinski definition) is 3. The predicted molar refractivity (Wildman–Crippen MR) is 101 cm³/mol. The van der Waals surface area contributed by atoms with Crippen molar-refractivity contribution < 1.29 is 14.7 Å². The van der Waals surface area contributed by atoms with Crippen LogP contribution in [0.3, 0.4) is 0 Å². The molecule has 0 radical (unpaired) electrons. The maximum atomic E-state index is 12.6. The first-order valence-electron chi connectivity index (χ1n) is 9.19. The van der Waals surface area contributed by atoms with E-state index in [0.29, 0.717) is 12.2 Å². The number of carboxylic acids is 1. The molecule has 0 saturated carbocycles. The van der Waals surface area contributed by atoms with Gasteiger partial charge in [-0.1, -0.05) is 54.6 Å². The van der Waals surface area contributed by atoms with Crippen molar-refractivity contribution in [3.05, 3.63) is 71.3 Å². The van der Waals surface area contributed by atoms with Crippen LogP contribution in [0.15, 0.2) is 54.6 Å². The summed E-state index contributed by atoms with van der Waals surface area (Å²) in [5.41, 5.74) is 3.06. The van der Waals surface area contributed by atoms with Crippen molar-refractivity contribution >= 4 is 11.8 Å². The molecule has 4 heteroatoms. The van der Waals surface area contributed by atoms with Crippen molar-refractivity contribution in [3.8, 4) is 0 Å². The number of Topliss-reactive ketones (excluding diaryl/α,β-unsaturated/α-hetero) is 1. The summed E-state index contributed by atoms with van der Waals surface area (Å²) in [6, 6.07) is 17.7. The number of nitrogens with zero attached hydrogens (tertiary/aromatic N) is 1. The molecule has 2 aromatic rings. The molecule has 3 rings (SSSR count). The minimum atomic E-state index is -0.812. The maximum absolute atomic E-state index is 12.6. The number of hydrogen-bond donors (Lipinski definition) is 1. The number of benzene rings is 2. The molecule has 0 aromatic heterocycles. The molecular formula is C22H25NO3. The third-order valence-corrected chi connectivity index (χ3v) is 4.97. The summed E-state index contributed by atoms with van der Waals surface area (Å²) in [5, 5.41) is 8.84. The Kier molecular flexibility index (Phi) is 6.18. The summed E-state index contributed by atoms with van der Waals surface area (Å²) in [4.78, 5) is 25.7. The lowest BCUT2D eigenvalue weighted by atomic mass is 9.90. The largest absolute Gasteiger partial charge is 0.481 e. The van der Waals surface area contributed by atoms with Gasteiger partial charge in [-0.3, -0.25) is 14.5 Å². The molecule has 0 aliphatic carbocycles. The molecule has 1 unspecified atom stereocenters. The number of piperidine rings is 1. The summed E-state index contributed by atoms with van der Waals surface area (Å²) >= 11 is 0. The topological polar surface area (TPSA) is 57.6 Å². The molecule has 4 nitrogen and oxygen atoms in total. The van der Waals surface area contributed by atoms with Gasteiger partial charge in [0.15, 0.2) is 0 Å². The lowest BCUT2D eigenvalue weighted by molar-refractivity contribution is -0.136. The molecule has 0 bridgehead atoms. The SMILES string of the molecule is O=C(O)Cc1ccc(CN2CCCC(C(=O)Cc3ccccc3)C2)cc1. The zero-order valence-corrected chi connectivity index (χ0v) is 14.9. The molecule has 26 heavy (non-hydrogen) atoms. The first-order valence-corrected chi connectivity index (χ1v) is 9.19. The van der Waals surface area contributed by atoms with Crippen molar-refractivity contribution in [2.24, 2.45) is 5.92 Å². The van der Waals surface area contributed by atoms with Crippen LogP contribution in [0.2, 0.25) is 0 Å². The molecule has 1 atom stereocenters. The first kappa shape index (κ1) is 18.3. The van der Waals surface area contributed by atoms with Crippen molar-refractivity contribution in [1.82, 2.24) is 4.90 Å². The minimum absolute atomic E-state index is 0.0556. The highest BCUT2D eigenvalue weighted by Gasteiger charge is 2.25. The maximum Gasteiger partial charge on any atom is 0.307 e. The van der Waals surface area contributed by atoms with E-state index in [1.165, 1.54) is 0 Å². The lowest BCUT2D eigenvalue weighted by Gasteiger charge is -2.32. The average molecular weight is 351 g/mol. The fraction of sp³-hybridized carbons (Fsp3) is 0.364. The molecule has 1 N–H and O–H groups in total. The number of ketones is 1. The van der Waals surface area contributed by atoms with Crippen LogP contribution in [0.1, 0.15) is 29.5 Å². The quantitative estimate of drug-likeness (QED) is 0.831. The number of carbonyl (C=O) groups excluding carboxylic acids is 1. The number of aliphatic carboxylic acids is 1. The van der Waals surface area contributed by atoms with E-state index in [1.807, 2.05) is 54.6 Å². The van der Waals surface area contributed by atoms with Crippen LogP contribution in [0, 0.1) is 5.92 Å². The molecule has 1 saturated heterocycles. The van der Waals surface area contributed by atoms with Gasteiger partial charge in [0.05, 0.1) is 6.42 Å². The van der Waals surface area contributed by atoms with Gasteiger partial charge in [-0.05, 0) is 36.1 Å². The average Bonchev–Trinajstić information content (AvgIpc) is 2.64. The molecule has 136 valence electrons. The molecular weight excluding hydrogens is 326 g/mol. The third kappa shape index (κ3) is 5.27. The number of carboxylic acid groups (broad SMARTS) is 1. The Bertz CT molecular complexity index is 740. The van der Waals surface area contributed by atoms with Gasteiger partial charge in [0.1, 0.15) is 5.78 Å². The van der Waals surface area contributed by atoms with Crippen LogP contribution < -0.4 is 0 Å². The summed E-state index contributed by atoms with van der Waals surface area (Å²) < 4.78 is 0. The highest BCUT2D eigenvalue weighted by Crippen LogP contribution is 2.21. The Balaban J connectivity index is 1.54. The van der Waals surface area contributed by atoms with E-state index in [1.54, 1.807) is 0 Å². The normalized spacial score (nSPS) is 17.8. The second-order valence-corrected chi connectivity index (χ2v) is 7.09. The van der Waals surface area contributed by atoms with E-state index < -0.39 is 5.97 Å². The standard InChI is InChI=1S/C22H25NO3/c24-21(13-17-5-2-1-3-6-17)20-7-4-12-23(16-20)15-19-10-8-18(9-11-19)14-22(25)26/h1-3,5-6,8-11,20H,4,7,12-16H2,(H,25,26). The van der Waals surface area contributed by atoms with E-state index >= 15 is 0 Å². The Hall–Kier alpha value is -2.46. The van der Waals surface area contributed by atoms with Crippen molar-refractivity contribution in [2.45, 2.75) is 32.2 Å². The van der Waals surface area contributed by atoms with E-state index in [9.17, 15) is 9.59 Å². The van der Waals surface area contributed by atoms with E-state index in [-0.39, 0.29) is 12.3 Å². The number of rotatable bonds is 7. The van der Waals surface area contributed by atoms with Crippen LogP contribution in [0.25, 0.3) is 0 Å². The minimum Gasteiger partial charge on any atom is -0.481 e. The fourth-order valence-electron chi connectivity index (χ4n) is 3.60. The molecule has 0 amide bonds. The molecule has 1 aliphatic heterocycles. The van der Waals surface area contributed by atoms with Gasteiger partial charge in [-0.15, -0.1) is 0 Å². The van der Waals surface area contributed by atoms with Crippen molar-refractivity contribution in [2.75, 3.05) is 13.1 Å². The summed E-state index contributed by atoms with van der Waals surface area (Å²) in [5.74, 6) is -0.374. The van der Waals surface area contributed by atoms with Gasteiger partial charge in [-0.2, -0.15) is 0 Å². The molecule has 0 spiro atoms. The first-order chi connectivity index (χ1) is 12.6. The lowest BCUT2D eigenvalue weighted by Crippen LogP contribution is -2.38. The second kappa shape index (κ2) is 8.77. The zero-order chi connectivity index (χ0) is 18.4. The van der Waals surface area contributed by atoms with Gasteiger partial charge in [0.25, 0.3) is 0 Å². The highest BCUT2D eigenvalue weighted by atomic mass is 16.4. The summed E-state index contributed by atoms with van der Waals surface area (Å²) in [6.07, 6.45) is 2.59. The van der Waals surface area contributed by atoms with Crippen LogP contribution >= 0.6 is 0 Å². The van der Waals surface area contributed by atoms with Gasteiger partial charge < -0.3 is 5.11 Å². The van der Waals surface area contributed by atoms with Crippen LogP contribution in [0.4, 0.5) is 0 Å². The van der Waals surface area contributed by atoms with E-state index in [2.05, 4.69) is 4.90 Å². The Labute approximate surface area is 154 Å². The van der Waals surface area contributed by atoms with Crippen molar-refractivity contribution in [3.63, 3.8) is 0 Å². The zero-order valence-electron chi connectivity index (χ0n) is 14.9. The Morgan fingerprint density at radius 2 is 1.58 bits per heavy atom. The molecule has 1 aliphatic rings. The van der Waals surface area contributed by atoms with Gasteiger partial charge in [0.2, 0.25) is 0 Å². The number of likely N-dealkylation sites (tertiary alicyclic amines) is 1. The Morgan fingerprint density at radius 1 is 0.923 bits per heavy atom. The monoisotopic (exact) mass is 351 g/mol.